The molecule has 0 aliphatic rings. The molecule has 3 heterocycles. The number of carbonyl (C=O) groups excluding carboxylic acids is 1. The number of ether oxygens (including phenoxy) is 1. The van der Waals surface area contributed by atoms with Crippen LogP contribution in [0.2, 0.25) is 0 Å². The summed E-state index contributed by atoms with van der Waals surface area (Å²) in [4.78, 5) is 20.0. The van der Waals surface area contributed by atoms with Gasteiger partial charge in [0.2, 0.25) is 5.88 Å². The number of benzene rings is 2. The summed E-state index contributed by atoms with van der Waals surface area (Å²) in [5.74, 6) is 1.01. The fourth-order valence-electron chi connectivity index (χ4n) is 3.40. The fourth-order valence-corrected chi connectivity index (χ4v) is 3.40. The van der Waals surface area contributed by atoms with E-state index in [1.807, 2.05) is 72.5 Å². The van der Waals surface area contributed by atoms with Crippen molar-refractivity contribution in [1.29, 1.82) is 0 Å². The standard InChI is InChI=1S/C23H18N4O2.ClH/c1-27-12-10-15-13-16(5-7-20(15)27)23(28)26-17-6-8-22(25-14-17)29-21-4-2-3-19-18(21)9-11-24-19;/h2-14,24H,1H3,(H,26,28);1H. The van der Waals surface area contributed by atoms with Gasteiger partial charge in [0, 0.05) is 52.9 Å². The van der Waals surface area contributed by atoms with Crippen LogP contribution >= 0.6 is 12.4 Å². The molecule has 0 aliphatic heterocycles. The average Bonchev–Trinajstić information content (AvgIpc) is 3.37. The second kappa shape index (κ2) is 7.93. The zero-order chi connectivity index (χ0) is 19.8. The predicted octanol–water partition coefficient (Wildman–Crippen LogP) is 5.52. The predicted molar refractivity (Wildman–Crippen MR) is 121 cm³/mol. The molecule has 0 fully saturated rings. The lowest BCUT2D eigenvalue weighted by atomic mass is 10.1. The Bertz CT molecular complexity index is 1340. The van der Waals surface area contributed by atoms with Crippen molar-refractivity contribution in [3.05, 3.63) is 84.8 Å². The maximum absolute atomic E-state index is 12.6. The first kappa shape index (κ1) is 19.5. The van der Waals surface area contributed by atoms with Crippen LogP contribution in [-0.4, -0.2) is 20.4 Å². The van der Waals surface area contributed by atoms with Gasteiger partial charge in [-0.2, -0.15) is 0 Å². The second-order valence-electron chi connectivity index (χ2n) is 6.84. The van der Waals surface area contributed by atoms with Crippen molar-refractivity contribution in [2.75, 3.05) is 5.32 Å². The Balaban J connectivity index is 0.00000218. The van der Waals surface area contributed by atoms with Gasteiger partial charge in [-0.1, -0.05) is 6.07 Å². The molecule has 0 radical (unpaired) electrons. The van der Waals surface area contributed by atoms with Crippen molar-refractivity contribution >= 4 is 45.8 Å². The van der Waals surface area contributed by atoms with E-state index in [1.54, 1.807) is 18.3 Å². The molecule has 1 amide bonds. The molecule has 2 aromatic carbocycles. The maximum atomic E-state index is 12.6. The van der Waals surface area contributed by atoms with Gasteiger partial charge in [0.15, 0.2) is 0 Å². The zero-order valence-corrected chi connectivity index (χ0v) is 16.9. The van der Waals surface area contributed by atoms with Gasteiger partial charge in [-0.25, -0.2) is 4.98 Å². The molecule has 0 atom stereocenters. The molecular weight excluding hydrogens is 400 g/mol. The van der Waals surface area contributed by atoms with Crippen LogP contribution in [-0.2, 0) is 7.05 Å². The molecule has 0 bridgehead atoms. The van der Waals surface area contributed by atoms with E-state index in [0.717, 1.165) is 27.6 Å². The Hall–Kier alpha value is -3.77. The molecular formula is C23H19ClN4O2. The minimum atomic E-state index is -0.177. The van der Waals surface area contributed by atoms with Crippen molar-refractivity contribution in [2.24, 2.45) is 7.05 Å². The van der Waals surface area contributed by atoms with E-state index in [2.05, 4.69) is 15.3 Å². The quantitative estimate of drug-likeness (QED) is 0.403. The third-order valence-electron chi connectivity index (χ3n) is 4.91. The van der Waals surface area contributed by atoms with Crippen molar-refractivity contribution in [2.45, 2.75) is 0 Å². The third kappa shape index (κ3) is 3.60. The molecule has 3 aromatic heterocycles. The summed E-state index contributed by atoms with van der Waals surface area (Å²) in [5, 5.41) is 4.90. The number of H-pyrrole nitrogens is 1. The van der Waals surface area contributed by atoms with E-state index in [-0.39, 0.29) is 18.3 Å². The van der Waals surface area contributed by atoms with Crippen LogP contribution in [0.4, 0.5) is 5.69 Å². The van der Waals surface area contributed by atoms with Crippen LogP contribution in [0, 0.1) is 0 Å². The minimum absolute atomic E-state index is 0. The molecule has 5 rings (SSSR count). The topological polar surface area (TPSA) is 71.9 Å². The van der Waals surface area contributed by atoms with Gasteiger partial charge in [-0.05, 0) is 48.5 Å². The van der Waals surface area contributed by atoms with Crippen LogP contribution < -0.4 is 10.1 Å². The number of pyridine rings is 1. The van der Waals surface area contributed by atoms with Gasteiger partial charge in [0.25, 0.3) is 5.91 Å². The lowest BCUT2D eigenvalue weighted by Gasteiger charge is -2.08. The van der Waals surface area contributed by atoms with E-state index in [4.69, 9.17) is 4.74 Å². The molecule has 0 saturated carbocycles. The number of aromatic nitrogens is 3. The van der Waals surface area contributed by atoms with E-state index >= 15 is 0 Å². The van der Waals surface area contributed by atoms with Crippen LogP contribution in [0.25, 0.3) is 21.8 Å². The van der Waals surface area contributed by atoms with Crippen LogP contribution in [0.5, 0.6) is 11.6 Å². The molecule has 6 nitrogen and oxygen atoms in total. The van der Waals surface area contributed by atoms with Crippen molar-refractivity contribution in [3.63, 3.8) is 0 Å². The SMILES string of the molecule is Cl.Cn1ccc2cc(C(=O)Nc3ccc(Oc4cccc5[nH]ccc45)nc3)ccc21. The lowest BCUT2D eigenvalue weighted by molar-refractivity contribution is 0.102. The number of rotatable bonds is 4. The minimum Gasteiger partial charge on any atom is -0.438 e. The molecule has 0 aliphatic carbocycles. The number of aryl methyl sites for hydroxylation is 1. The smallest absolute Gasteiger partial charge is 0.255 e. The fraction of sp³-hybridized carbons (Fsp3) is 0.0435. The molecule has 150 valence electrons. The number of amides is 1. The molecule has 5 aromatic rings. The lowest BCUT2D eigenvalue weighted by Crippen LogP contribution is -2.11. The highest BCUT2D eigenvalue weighted by Gasteiger charge is 2.09. The summed E-state index contributed by atoms with van der Waals surface area (Å²) in [6, 6.07) is 18.9. The number of nitrogens with one attached hydrogen (secondary N) is 2. The van der Waals surface area contributed by atoms with E-state index < -0.39 is 0 Å². The highest BCUT2D eigenvalue weighted by atomic mass is 35.5. The first-order chi connectivity index (χ1) is 14.2. The van der Waals surface area contributed by atoms with Crippen molar-refractivity contribution in [1.82, 2.24) is 14.5 Å². The maximum Gasteiger partial charge on any atom is 0.255 e. The number of carbonyl (C=O) groups is 1. The molecule has 0 unspecified atom stereocenters. The highest BCUT2D eigenvalue weighted by Crippen LogP contribution is 2.28. The summed E-state index contributed by atoms with van der Waals surface area (Å²) in [5.41, 5.74) is 3.29. The number of hydrogen-bond acceptors (Lipinski definition) is 3. The third-order valence-corrected chi connectivity index (χ3v) is 4.91. The normalized spacial score (nSPS) is 10.7. The Labute approximate surface area is 178 Å². The van der Waals surface area contributed by atoms with Gasteiger partial charge in [0.1, 0.15) is 5.75 Å². The van der Waals surface area contributed by atoms with Crippen molar-refractivity contribution < 1.29 is 9.53 Å². The summed E-state index contributed by atoms with van der Waals surface area (Å²) < 4.78 is 7.92. The number of halogens is 1. The first-order valence-corrected chi connectivity index (χ1v) is 9.24. The first-order valence-electron chi connectivity index (χ1n) is 9.24. The monoisotopic (exact) mass is 418 g/mol. The Kier molecular flexibility index (Phi) is 5.16. The molecule has 30 heavy (non-hydrogen) atoms. The Morgan fingerprint density at radius 1 is 1.10 bits per heavy atom. The number of nitrogens with zero attached hydrogens (tertiary/aromatic N) is 2. The molecule has 2 N–H and O–H groups in total. The Morgan fingerprint density at radius 3 is 2.83 bits per heavy atom. The average molecular weight is 419 g/mol. The van der Waals surface area contributed by atoms with E-state index in [9.17, 15) is 4.79 Å². The van der Waals surface area contributed by atoms with Crippen LogP contribution in [0.1, 0.15) is 10.4 Å². The van der Waals surface area contributed by atoms with Gasteiger partial charge < -0.3 is 19.6 Å². The molecule has 7 heteroatoms. The van der Waals surface area contributed by atoms with Gasteiger partial charge >= 0.3 is 0 Å². The van der Waals surface area contributed by atoms with E-state index in [1.165, 1.54) is 0 Å². The van der Waals surface area contributed by atoms with Crippen LogP contribution in [0.15, 0.2) is 79.3 Å². The highest BCUT2D eigenvalue weighted by molar-refractivity contribution is 6.06. The number of fused-ring (bicyclic) bond motifs is 2. The largest absolute Gasteiger partial charge is 0.438 e. The molecule has 0 spiro atoms. The second-order valence-corrected chi connectivity index (χ2v) is 6.84. The number of anilines is 1. The summed E-state index contributed by atoms with van der Waals surface area (Å²) in [6.07, 6.45) is 5.44. The van der Waals surface area contributed by atoms with Gasteiger partial charge in [0.05, 0.1) is 11.9 Å². The summed E-state index contributed by atoms with van der Waals surface area (Å²) in [7, 11) is 1.98. The zero-order valence-electron chi connectivity index (χ0n) is 16.1. The van der Waals surface area contributed by atoms with Crippen molar-refractivity contribution in [3.8, 4) is 11.6 Å². The van der Waals surface area contributed by atoms with Gasteiger partial charge in [-0.3, -0.25) is 4.79 Å². The number of aromatic amines is 1. The number of hydrogen-bond donors (Lipinski definition) is 2. The molecule has 0 saturated heterocycles. The van der Waals surface area contributed by atoms with E-state index in [0.29, 0.717) is 17.1 Å². The summed E-state index contributed by atoms with van der Waals surface area (Å²) >= 11 is 0. The summed E-state index contributed by atoms with van der Waals surface area (Å²) in [6.45, 7) is 0. The van der Waals surface area contributed by atoms with Crippen LogP contribution in [0.3, 0.4) is 0 Å². The Morgan fingerprint density at radius 2 is 2.00 bits per heavy atom. The van der Waals surface area contributed by atoms with Gasteiger partial charge in [-0.15, -0.1) is 12.4 Å².